The molecule has 1 aromatic carbocycles. The third-order valence-corrected chi connectivity index (χ3v) is 4.85. The summed E-state index contributed by atoms with van der Waals surface area (Å²) in [7, 11) is -2.03. The number of hydrogen-bond acceptors (Lipinski definition) is 4. The highest BCUT2D eigenvalue weighted by molar-refractivity contribution is 7.88. The first-order valence-electron chi connectivity index (χ1n) is 6.83. The van der Waals surface area contributed by atoms with Gasteiger partial charge in [-0.2, -0.15) is 4.31 Å². The maximum Gasteiger partial charge on any atom is 0.238 e. The molecule has 8 heteroatoms. The summed E-state index contributed by atoms with van der Waals surface area (Å²) in [6, 6.07) is 5.93. The van der Waals surface area contributed by atoms with E-state index >= 15 is 0 Å². The monoisotopic (exact) mass is 330 g/mol. The molecule has 0 radical (unpaired) electrons. The van der Waals surface area contributed by atoms with E-state index in [9.17, 15) is 17.6 Å². The van der Waals surface area contributed by atoms with Crippen LogP contribution in [-0.2, 0) is 19.6 Å². The zero-order valence-corrected chi connectivity index (χ0v) is 13.3. The molecule has 0 aliphatic carbocycles. The van der Waals surface area contributed by atoms with Gasteiger partial charge < -0.3 is 9.64 Å². The first-order valence-corrected chi connectivity index (χ1v) is 8.68. The molecule has 1 aliphatic heterocycles. The van der Waals surface area contributed by atoms with E-state index in [1.54, 1.807) is 17.0 Å². The van der Waals surface area contributed by atoms with E-state index in [0.717, 1.165) is 16.1 Å². The minimum absolute atomic E-state index is 0.199. The predicted octanol–water partition coefficient (Wildman–Crippen LogP) is 0.617. The Bertz CT molecular complexity index is 633. The van der Waals surface area contributed by atoms with Crippen LogP contribution in [0, 0.1) is 5.82 Å². The van der Waals surface area contributed by atoms with Crippen molar-refractivity contribution in [2.45, 2.75) is 6.10 Å². The van der Waals surface area contributed by atoms with Crippen molar-refractivity contribution in [3.8, 4) is 0 Å². The molecule has 122 valence electrons. The van der Waals surface area contributed by atoms with Gasteiger partial charge in [-0.25, -0.2) is 12.8 Å². The van der Waals surface area contributed by atoms with Crippen LogP contribution in [0.4, 0.5) is 4.39 Å². The molecule has 1 atom stereocenters. The first-order chi connectivity index (χ1) is 10.3. The molecule has 1 fully saturated rings. The van der Waals surface area contributed by atoms with Crippen LogP contribution >= 0.6 is 0 Å². The Morgan fingerprint density at radius 1 is 1.41 bits per heavy atom. The Labute approximate surface area is 129 Å². The lowest BCUT2D eigenvalue weighted by Crippen LogP contribution is -2.46. The van der Waals surface area contributed by atoms with E-state index in [1.807, 2.05) is 0 Å². The summed E-state index contributed by atoms with van der Waals surface area (Å²) < 4.78 is 42.3. The van der Waals surface area contributed by atoms with Crippen LogP contribution in [0.1, 0.15) is 11.7 Å². The van der Waals surface area contributed by atoms with Crippen molar-refractivity contribution in [3.05, 3.63) is 35.6 Å². The van der Waals surface area contributed by atoms with Gasteiger partial charge in [-0.15, -0.1) is 0 Å². The topological polar surface area (TPSA) is 66.9 Å². The van der Waals surface area contributed by atoms with Gasteiger partial charge in [0.15, 0.2) is 0 Å². The smallest absolute Gasteiger partial charge is 0.238 e. The molecule has 1 aromatic rings. The van der Waals surface area contributed by atoms with Crippen molar-refractivity contribution in [2.24, 2.45) is 0 Å². The number of morpholine rings is 1. The number of sulfonamides is 1. The highest BCUT2D eigenvalue weighted by atomic mass is 32.2. The average Bonchev–Trinajstić information content (AvgIpc) is 2.47. The first kappa shape index (κ1) is 16.9. The van der Waals surface area contributed by atoms with Gasteiger partial charge in [0.25, 0.3) is 0 Å². The number of benzene rings is 1. The number of halogens is 1. The van der Waals surface area contributed by atoms with Crippen LogP contribution in [0.5, 0.6) is 0 Å². The van der Waals surface area contributed by atoms with Crippen LogP contribution in [0.15, 0.2) is 24.3 Å². The number of amides is 1. The number of hydrogen-bond donors (Lipinski definition) is 0. The third-order valence-electron chi connectivity index (χ3n) is 3.59. The number of ether oxygens (including phenoxy) is 1. The molecule has 1 unspecified atom stereocenters. The summed E-state index contributed by atoms with van der Waals surface area (Å²) in [5.41, 5.74) is 0.787. The lowest BCUT2D eigenvalue weighted by atomic mass is 10.1. The largest absolute Gasteiger partial charge is 0.370 e. The van der Waals surface area contributed by atoms with E-state index < -0.39 is 10.0 Å². The zero-order chi connectivity index (χ0) is 16.3. The second kappa shape index (κ2) is 6.72. The number of rotatable bonds is 4. The van der Waals surface area contributed by atoms with Crippen LogP contribution in [0.2, 0.25) is 0 Å². The minimum atomic E-state index is -3.39. The van der Waals surface area contributed by atoms with Gasteiger partial charge in [0.2, 0.25) is 15.9 Å². The van der Waals surface area contributed by atoms with E-state index in [2.05, 4.69) is 0 Å². The predicted molar refractivity (Wildman–Crippen MR) is 79.1 cm³/mol. The summed E-state index contributed by atoms with van der Waals surface area (Å²) in [4.78, 5) is 13.8. The summed E-state index contributed by atoms with van der Waals surface area (Å²) in [5.74, 6) is -0.606. The lowest BCUT2D eigenvalue weighted by Gasteiger charge is -2.34. The SMILES string of the molecule is CN(CC(=O)N1CCOC(c2ccc(F)cc2)C1)S(C)(=O)=O. The number of carbonyl (C=O) groups excluding carboxylic acids is 1. The average molecular weight is 330 g/mol. The van der Waals surface area contributed by atoms with E-state index in [-0.39, 0.29) is 24.4 Å². The van der Waals surface area contributed by atoms with Gasteiger partial charge in [0.05, 0.1) is 26.0 Å². The van der Waals surface area contributed by atoms with Crippen molar-refractivity contribution < 1.29 is 22.3 Å². The van der Waals surface area contributed by atoms with E-state index in [1.165, 1.54) is 19.2 Å². The molecule has 1 aliphatic rings. The highest BCUT2D eigenvalue weighted by Crippen LogP contribution is 2.22. The molecule has 2 rings (SSSR count). The molecule has 0 N–H and O–H groups in total. The molecule has 1 saturated heterocycles. The van der Waals surface area contributed by atoms with E-state index in [4.69, 9.17) is 4.74 Å². The van der Waals surface area contributed by atoms with Crippen molar-refractivity contribution in [2.75, 3.05) is 39.5 Å². The maximum absolute atomic E-state index is 12.9. The van der Waals surface area contributed by atoms with Crippen LogP contribution < -0.4 is 0 Å². The fourth-order valence-corrected chi connectivity index (χ4v) is 2.51. The van der Waals surface area contributed by atoms with Crippen molar-refractivity contribution in [1.29, 1.82) is 0 Å². The number of carbonyl (C=O) groups is 1. The zero-order valence-electron chi connectivity index (χ0n) is 12.5. The fraction of sp³-hybridized carbons (Fsp3) is 0.500. The highest BCUT2D eigenvalue weighted by Gasteiger charge is 2.27. The standard InChI is InChI=1S/C14H19FN2O4S/c1-16(22(2,19)20)10-14(18)17-7-8-21-13(9-17)11-3-5-12(15)6-4-11/h3-6,13H,7-10H2,1-2H3. The Hall–Kier alpha value is -1.51. The number of likely N-dealkylation sites (N-methyl/N-ethyl adjacent to an activating group) is 1. The van der Waals surface area contributed by atoms with Gasteiger partial charge in [-0.1, -0.05) is 12.1 Å². The normalized spacial score (nSPS) is 19.5. The summed E-state index contributed by atoms with van der Waals surface area (Å²) in [6.07, 6.45) is 0.725. The molecule has 0 spiro atoms. The quantitative estimate of drug-likeness (QED) is 0.812. The Kier molecular flexibility index (Phi) is 5.15. The Morgan fingerprint density at radius 3 is 2.64 bits per heavy atom. The molecule has 0 aromatic heterocycles. The molecular formula is C14H19FN2O4S. The molecule has 1 heterocycles. The van der Waals surface area contributed by atoms with Gasteiger partial charge in [0, 0.05) is 13.6 Å². The van der Waals surface area contributed by atoms with Crippen molar-refractivity contribution >= 4 is 15.9 Å². The molecule has 22 heavy (non-hydrogen) atoms. The maximum atomic E-state index is 12.9. The molecule has 1 amide bonds. The van der Waals surface area contributed by atoms with Gasteiger partial charge in [-0.05, 0) is 17.7 Å². The lowest BCUT2D eigenvalue weighted by molar-refractivity contribution is -0.139. The molecular weight excluding hydrogens is 311 g/mol. The van der Waals surface area contributed by atoms with Crippen molar-refractivity contribution in [1.82, 2.24) is 9.21 Å². The van der Waals surface area contributed by atoms with Crippen LogP contribution in [0.25, 0.3) is 0 Å². The molecule has 0 bridgehead atoms. The molecule has 0 saturated carbocycles. The summed E-state index contributed by atoms with van der Waals surface area (Å²) in [6.45, 7) is 0.890. The van der Waals surface area contributed by atoms with Crippen molar-refractivity contribution in [3.63, 3.8) is 0 Å². The minimum Gasteiger partial charge on any atom is -0.370 e. The fourth-order valence-electron chi connectivity index (χ4n) is 2.16. The molecule has 6 nitrogen and oxygen atoms in total. The Morgan fingerprint density at radius 2 is 2.05 bits per heavy atom. The Balaban J connectivity index is 2.01. The second-order valence-corrected chi connectivity index (χ2v) is 7.36. The van der Waals surface area contributed by atoms with Gasteiger partial charge in [0.1, 0.15) is 11.9 Å². The van der Waals surface area contributed by atoms with Crippen LogP contribution in [-0.4, -0.2) is 63.1 Å². The number of nitrogens with zero attached hydrogens (tertiary/aromatic N) is 2. The second-order valence-electron chi connectivity index (χ2n) is 5.27. The summed E-state index contributed by atoms with van der Waals surface area (Å²) >= 11 is 0. The van der Waals surface area contributed by atoms with Gasteiger partial charge >= 0.3 is 0 Å². The van der Waals surface area contributed by atoms with E-state index in [0.29, 0.717) is 19.7 Å². The van der Waals surface area contributed by atoms with Gasteiger partial charge in [-0.3, -0.25) is 4.79 Å². The summed E-state index contributed by atoms with van der Waals surface area (Å²) in [5, 5.41) is 0. The van der Waals surface area contributed by atoms with Crippen LogP contribution in [0.3, 0.4) is 0 Å². The third kappa shape index (κ3) is 4.25.